The van der Waals surface area contributed by atoms with Crippen molar-refractivity contribution in [2.45, 2.75) is 39.7 Å². The lowest BCUT2D eigenvalue weighted by molar-refractivity contribution is -0.138. The molecule has 2 aromatic carbocycles. The second-order valence-electron chi connectivity index (χ2n) is 7.81. The van der Waals surface area contributed by atoms with Crippen molar-refractivity contribution in [1.29, 1.82) is 0 Å². The van der Waals surface area contributed by atoms with E-state index in [0.717, 1.165) is 35.2 Å². The summed E-state index contributed by atoms with van der Waals surface area (Å²) in [6.45, 7) is 6.86. The minimum atomic E-state index is -0.233. The topological polar surface area (TPSA) is 67.9 Å². The van der Waals surface area contributed by atoms with Gasteiger partial charge in [-0.3, -0.25) is 9.59 Å². The lowest BCUT2D eigenvalue weighted by atomic mass is 10.1. The fourth-order valence-corrected chi connectivity index (χ4v) is 3.48. The van der Waals surface area contributed by atoms with E-state index in [1.54, 1.807) is 0 Å². The molecule has 1 N–H and O–H groups in total. The minimum Gasteiger partial charge on any atom is -0.484 e. The largest absolute Gasteiger partial charge is 0.484 e. The number of nitrogens with zero attached hydrogens (tertiary/aromatic N) is 1. The Kier molecular flexibility index (Phi) is 7.46. The zero-order chi connectivity index (χ0) is 21.5. The quantitative estimate of drug-likeness (QED) is 0.722. The van der Waals surface area contributed by atoms with Crippen LogP contribution in [0.3, 0.4) is 0 Å². The standard InChI is InChI=1S/C24H30N2O4/c1-17-7-4-9-20(13-17)30-16-24(28)26(14-21-10-6-12-29-21)15-23(27)25-22-11-5-8-18(2)19(22)3/h4-5,7-9,11,13,21H,6,10,12,14-16H2,1-3H3,(H,25,27). The summed E-state index contributed by atoms with van der Waals surface area (Å²) in [4.78, 5) is 27.1. The third-order valence-electron chi connectivity index (χ3n) is 5.37. The van der Waals surface area contributed by atoms with Crippen LogP contribution in [0.5, 0.6) is 5.75 Å². The summed E-state index contributed by atoms with van der Waals surface area (Å²) >= 11 is 0. The summed E-state index contributed by atoms with van der Waals surface area (Å²) < 4.78 is 11.3. The van der Waals surface area contributed by atoms with Gasteiger partial charge in [0.1, 0.15) is 12.3 Å². The van der Waals surface area contributed by atoms with Crippen LogP contribution in [0.15, 0.2) is 42.5 Å². The molecule has 0 spiro atoms. The van der Waals surface area contributed by atoms with E-state index in [2.05, 4.69) is 5.32 Å². The minimum absolute atomic E-state index is 0.0384. The highest BCUT2D eigenvalue weighted by molar-refractivity contribution is 5.95. The molecule has 1 saturated heterocycles. The molecule has 0 bridgehead atoms. The van der Waals surface area contributed by atoms with Crippen LogP contribution in [0.1, 0.15) is 29.5 Å². The molecule has 6 heteroatoms. The fraction of sp³-hybridized carbons (Fsp3) is 0.417. The molecule has 0 saturated carbocycles. The van der Waals surface area contributed by atoms with Gasteiger partial charge in [-0.25, -0.2) is 0 Å². The highest BCUT2D eigenvalue weighted by Gasteiger charge is 2.25. The Hall–Kier alpha value is -2.86. The smallest absolute Gasteiger partial charge is 0.261 e. The number of benzene rings is 2. The van der Waals surface area contributed by atoms with Gasteiger partial charge in [-0.15, -0.1) is 0 Å². The Balaban J connectivity index is 1.64. The number of carbonyl (C=O) groups excluding carboxylic acids is 2. The molecule has 6 nitrogen and oxygen atoms in total. The SMILES string of the molecule is Cc1cccc(OCC(=O)N(CC(=O)Nc2cccc(C)c2C)CC2CCCO2)c1. The van der Waals surface area contributed by atoms with Gasteiger partial charge in [0.2, 0.25) is 5.91 Å². The maximum atomic E-state index is 12.9. The van der Waals surface area contributed by atoms with Crippen LogP contribution in [0.25, 0.3) is 0 Å². The third kappa shape index (κ3) is 6.07. The van der Waals surface area contributed by atoms with E-state index in [9.17, 15) is 9.59 Å². The summed E-state index contributed by atoms with van der Waals surface area (Å²) in [6.07, 6.45) is 1.82. The van der Waals surface area contributed by atoms with Gasteiger partial charge in [0.05, 0.1) is 6.10 Å². The van der Waals surface area contributed by atoms with Gasteiger partial charge in [-0.1, -0.05) is 24.3 Å². The van der Waals surface area contributed by atoms with Crippen LogP contribution in [-0.2, 0) is 14.3 Å². The van der Waals surface area contributed by atoms with Gasteiger partial charge in [0, 0.05) is 18.8 Å². The first kappa shape index (κ1) is 21.8. The van der Waals surface area contributed by atoms with E-state index < -0.39 is 0 Å². The fourth-order valence-electron chi connectivity index (χ4n) is 3.48. The molecule has 2 aromatic rings. The number of hydrogen-bond acceptors (Lipinski definition) is 4. The van der Waals surface area contributed by atoms with Crippen molar-refractivity contribution in [3.05, 3.63) is 59.2 Å². The van der Waals surface area contributed by atoms with Crippen molar-refractivity contribution in [2.75, 3.05) is 31.6 Å². The van der Waals surface area contributed by atoms with E-state index >= 15 is 0 Å². The predicted octanol–water partition coefficient (Wildman–Crippen LogP) is 3.64. The molecule has 1 aliphatic heterocycles. The molecule has 0 radical (unpaired) electrons. The first-order valence-corrected chi connectivity index (χ1v) is 10.4. The van der Waals surface area contributed by atoms with E-state index in [-0.39, 0.29) is 31.1 Å². The molecule has 1 heterocycles. The lowest BCUT2D eigenvalue weighted by Crippen LogP contribution is -2.44. The zero-order valence-corrected chi connectivity index (χ0v) is 17.9. The lowest BCUT2D eigenvalue weighted by Gasteiger charge is -2.25. The monoisotopic (exact) mass is 410 g/mol. The van der Waals surface area contributed by atoms with Gasteiger partial charge < -0.3 is 19.7 Å². The van der Waals surface area contributed by atoms with Gasteiger partial charge in [0.25, 0.3) is 5.91 Å². The highest BCUT2D eigenvalue weighted by Crippen LogP contribution is 2.19. The summed E-state index contributed by atoms with van der Waals surface area (Å²) in [5, 5.41) is 2.93. The zero-order valence-electron chi connectivity index (χ0n) is 17.9. The molecule has 3 rings (SSSR count). The Morgan fingerprint density at radius 3 is 2.70 bits per heavy atom. The highest BCUT2D eigenvalue weighted by atomic mass is 16.5. The number of amides is 2. The maximum Gasteiger partial charge on any atom is 0.261 e. The third-order valence-corrected chi connectivity index (χ3v) is 5.37. The van der Waals surface area contributed by atoms with Crippen LogP contribution in [0.2, 0.25) is 0 Å². The van der Waals surface area contributed by atoms with Gasteiger partial charge in [-0.05, 0) is 68.5 Å². The van der Waals surface area contributed by atoms with Gasteiger partial charge in [0.15, 0.2) is 6.61 Å². The molecule has 30 heavy (non-hydrogen) atoms. The molecule has 0 aromatic heterocycles. The molecular weight excluding hydrogens is 380 g/mol. The molecule has 1 unspecified atom stereocenters. The van der Waals surface area contributed by atoms with E-state index in [1.807, 2.05) is 63.2 Å². The average molecular weight is 411 g/mol. The van der Waals surface area contributed by atoms with Crippen molar-refractivity contribution >= 4 is 17.5 Å². The van der Waals surface area contributed by atoms with Crippen LogP contribution in [0, 0.1) is 20.8 Å². The van der Waals surface area contributed by atoms with Gasteiger partial charge in [-0.2, -0.15) is 0 Å². The molecule has 1 atom stereocenters. The van der Waals surface area contributed by atoms with Crippen molar-refractivity contribution in [2.24, 2.45) is 0 Å². The number of anilines is 1. The second-order valence-corrected chi connectivity index (χ2v) is 7.81. The number of aryl methyl sites for hydroxylation is 2. The Labute approximate surface area is 178 Å². The maximum absolute atomic E-state index is 12.9. The molecular formula is C24H30N2O4. The number of rotatable bonds is 8. The van der Waals surface area contributed by atoms with Crippen LogP contribution >= 0.6 is 0 Å². The molecule has 1 aliphatic rings. The Morgan fingerprint density at radius 1 is 1.17 bits per heavy atom. The van der Waals surface area contributed by atoms with Crippen molar-refractivity contribution in [3.8, 4) is 5.75 Å². The van der Waals surface area contributed by atoms with E-state index in [1.165, 1.54) is 4.90 Å². The average Bonchev–Trinajstić information content (AvgIpc) is 3.22. The normalized spacial score (nSPS) is 15.6. The number of nitrogens with one attached hydrogen (secondary N) is 1. The molecule has 2 amide bonds. The summed E-state index contributed by atoms with van der Waals surface area (Å²) in [5.74, 6) is 0.175. The molecule has 0 aliphatic carbocycles. The van der Waals surface area contributed by atoms with Crippen LogP contribution in [-0.4, -0.2) is 49.1 Å². The molecule has 160 valence electrons. The Bertz CT molecular complexity index is 891. The van der Waals surface area contributed by atoms with Crippen molar-refractivity contribution in [1.82, 2.24) is 4.90 Å². The van der Waals surface area contributed by atoms with Crippen molar-refractivity contribution < 1.29 is 19.1 Å². The van der Waals surface area contributed by atoms with E-state index in [0.29, 0.717) is 18.9 Å². The number of ether oxygens (including phenoxy) is 2. The Morgan fingerprint density at radius 2 is 1.97 bits per heavy atom. The first-order chi connectivity index (χ1) is 14.4. The van der Waals surface area contributed by atoms with Crippen molar-refractivity contribution in [3.63, 3.8) is 0 Å². The van der Waals surface area contributed by atoms with Crippen LogP contribution in [0.4, 0.5) is 5.69 Å². The van der Waals surface area contributed by atoms with E-state index in [4.69, 9.17) is 9.47 Å². The number of hydrogen-bond donors (Lipinski definition) is 1. The first-order valence-electron chi connectivity index (χ1n) is 10.4. The predicted molar refractivity (Wildman–Crippen MR) is 117 cm³/mol. The number of carbonyl (C=O) groups is 2. The second kappa shape index (κ2) is 10.3. The van der Waals surface area contributed by atoms with Gasteiger partial charge >= 0.3 is 0 Å². The summed E-state index contributed by atoms with van der Waals surface area (Å²) in [6, 6.07) is 13.3. The molecule has 1 fully saturated rings. The summed E-state index contributed by atoms with van der Waals surface area (Å²) in [5.41, 5.74) is 3.95. The van der Waals surface area contributed by atoms with Crippen LogP contribution < -0.4 is 10.1 Å². The summed E-state index contributed by atoms with van der Waals surface area (Å²) in [7, 11) is 0.